The topological polar surface area (TPSA) is 47.9 Å². The molecule has 0 atom stereocenters. The average Bonchev–Trinajstić information content (AvgIpc) is 2.45. The Morgan fingerprint density at radius 2 is 1.80 bits per heavy atom. The van der Waals surface area contributed by atoms with Gasteiger partial charge in [0.05, 0.1) is 7.11 Å². The summed E-state index contributed by atoms with van der Waals surface area (Å²) in [5.74, 6) is -1.57. The molecule has 2 aromatic rings. The van der Waals surface area contributed by atoms with E-state index in [0.29, 0.717) is 5.75 Å². The van der Waals surface area contributed by atoms with Gasteiger partial charge in [-0.25, -0.2) is 8.78 Å². The predicted molar refractivity (Wildman–Crippen MR) is 67.1 cm³/mol. The fourth-order valence-electron chi connectivity index (χ4n) is 1.50. The molecule has 0 fully saturated rings. The van der Waals surface area contributed by atoms with E-state index in [1.165, 1.54) is 37.4 Å². The highest BCUT2D eigenvalue weighted by molar-refractivity contribution is 5.39. The molecule has 20 heavy (non-hydrogen) atoms. The highest BCUT2D eigenvalue weighted by Gasteiger charge is 2.08. The molecule has 0 unspecified atom stereocenters. The lowest BCUT2D eigenvalue weighted by atomic mass is 10.3. The third-order valence-electron chi connectivity index (χ3n) is 2.51. The zero-order valence-electron chi connectivity index (χ0n) is 10.6. The maximum Gasteiger partial charge on any atom is 0.231 e. The van der Waals surface area contributed by atoms with Crippen molar-refractivity contribution in [3.63, 3.8) is 0 Å². The van der Waals surface area contributed by atoms with Crippen LogP contribution in [0.2, 0.25) is 0 Å². The third kappa shape index (κ3) is 3.09. The van der Waals surface area contributed by atoms with Gasteiger partial charge in [-0.05, 0) is 24.3 Å². The molecular formula is C14H12F2O4. The molecule has 0 saturated carbocycles. The maximum atomic E-state index is 13.2. The van der Waals surface area contributed by atoms with Gasteiger partial charge in [0.15, 0.2) is 28.9 Å². The van der Waals surface area contributed by atoms with Gasteiger partial charge in [-0.2, -0.15) is 0 Å². The van der Waals surface area contributed by atoms with Crippen LogP contribution in [-0.4, -0.2) is 19.0 Å². The monoisotopic (exact) mass is 282 g/mol. The van der Waals surface area contributed by atoms with Gasteiger partial charge in [0.25, 0.3) is 0 Å². The van der Waals surface area contributed by atoms with Crippen molar-refractivity contribution in [1.29, 1.82) is 0 Å². The van der Waals surface area contributed by atoms with Crippen LogP contribution in [0, 0.1) is 11.6 Å². The summed E-state index contributed by atoms with van der Waals surface area (Å²) < 4.78 is 41.3. The Morgan fingerprint density at radius 3 is 2.55 bits per heavy atom. The van der Waals surface area contributed by atoms with E-state index in [0.717, 1.165) is 6.07 Å². The summed E-state index contributed by atoms with van der Waals surface area (Å²) in [7, 11) is 1.34. The number of ether oxygens (including phenoxy) is 3. The van der Waals surface area contributed by atoms with Gasteiger partial charge in [-0.15, -0.1) is 0 Å². The molecule has 0 aliphatic carbocycles. The van der Waals surface area contributed by atoms with E-state index in [9.17, 15) is 13.9 Å². The summed E-state index contributed by atoms with van der Waals surface area (Å²) in [5.41, 5.74) is 0. The van der Waals surface area contributed by atoms with Crippen molar-refractivity contribution in [2.45, 2.75) is 0 Å². The molecule has 2 aromatic carbocycles. The van der Waals surface area contributed by atoms with Gasteiger partial charge < -0.3 is 19.3 Å². The second-order valence-electron chi connectivity index (χ2n) is 3.79. The molecule has 0 radical (unpaired) electrons. The summed E-state index contributed by atoms with van der Waals surface area (Å²) in [6, 6.07) is 7.83. The van der Waals surface area contributed by atoms with Gasteiger partial charge in [-0.1, -0.05) is 6.07 Å². The molecule has 2 rings (SSSR count). The molecular weight excluding hydrogens is 270 g/mol. The van der Waals surface area contributed by atoms with Crippen molar-refractivity contribution >= 4 is 0 Å². The Balaban J connectivity index is 1.98. The van der Waals surface area contributed by atoms with E-state index in [-0.39, 0.29) is 18.3 Å². The van der Waals surface area contributed by atoms with Gasteiger partial charge in [0.1, 0.15) is 5.75 Å². The SMILES string of the molecule is COc1cc(OCOc2cccc(F)c2O)ccc1F. The Bertz CT molecular complexity index is 602. The van der Waals surface area contributed by atoms with Crippen molar-refractivity contribution in [1.82, 2.24) is 0 Å². The van der Waals surface area contributed by atoms with Crippen LogP contribution in [0.5, 0.6) is 23.0 Å². The summed E-state index contributed by atoms with van der Waals surface area (Å²) >= 11 is 0. The van der Waals surface area contributed by atoms with Crippen molar-refractivity contribution < 1.29 is 28.1 Å². The first-order chi connectivity index (χ1) is 9.61. The minimum atomic E-state index is -0.786. The van der Waals surface area contributed by atoms with Gasteiger partial charge >= 0.3 is 0 Å². The van der Waals surface area contributed by atoms with Crippen molar-refractivity contribution in [3.05, 3.63) is 48.0 Å². The number of phenols is 1. The lowest BCUT2D eigenvalue weighted by Gasteiger charge is -2.11. The summed E-state index contributed by atoms with van der Waals surface area (Å²) in [6.07, 6.45) is 0. The zero-order valence-corrected chi connectivity index (χ0v) is 10.6. The van der Waals surface area contributed by atoms with E-state index in [1.807, 2.05) is 0 Å². The lowest BCUT2D eigenvalue weighted by Crippen LogP contribution is -2.06. The Labute approximate surface area is 114 Å². The third-order valence-corrected chi connectivity index (χ3v) is 2.51. The molecule has 0 aromatic heterocycles. The molecule has 0 bridgehead atoms. The summed E-state index contributed by atoms with van der Waals surface area (Å²) in [6.45, 7) is -0.272. The van der Waals surface area contributed by atoms with Crippen molar-refractivity contribution in [2.75, 3.05) is 13.9 Å². The van der Waals surface area contributed by atoms with Gasteiger partial charge in [0, 0.05) is 6.07 Å². The standard InChI is InChI=1S/C14H12F2O4/c1-18-13-7-9(5-6-10(13)15)19-8-20-12-4-2-3-11(16)14(12)17/h2-7,17H,8H2,1H3. The predicted octanol–water partition coefficient (Wildman–Crippen LogP) is 3.09. The van der Waals surface area contributed by atoms with E-state index in [1.54, 1.807) is 0 Å². The first-order valence-electron chi connectivity index (χ1n) is 5.68. The Hall–Kier alpha value is -2.50. The Kier molecular flexibility index (Phi) is 4.24. The Morgan fingerprint density at radius 1 is 1.00 bits per heavy atom. The number of rotatable bonds is 5. The number of para-hydroxylation sites is 1. The second kappa shape index (κ2) is 6.10. The lowest BCUT2D eigenvalue weighted by molar-refractivity contribution is 0.115. The average molecular weight is 282 g/mol. The number of methoxy groups -OCH3 is 1. The maximum absolute atomic E-state index is 13.2. The molecule has 6 heteroatoms. The van der Waals surface area contributed by atoms with Gasteiger partial charge in [-0.3, -0.25) is 0 Å². The van der Waals surface area contributed by atoms with Crippen molar-refractivity contribution in [2.24, 2.45) is 0 Å². The molecule has 0 amide bonds. The van der Waals surface area contributed by atoms with Crippen LogP contribution >= 0.6 is 0 Å². The van der Waals surface area contributed by atoms with Crippen LogP contribution in [0.3, 0.4) is 0 Å². The van der Waals surface area contributed by atoms with Crippen LogP contribution in [0.1, 0.15) is 0 Å². The van der Waals surface area contributed by atoms with E-state index in [2.05, 4.69) is 0 Å². The number of hydrogen-bond donors (Lipinski definition) is 1. The van der Waals surface area contributed by atoms with E-state index < -0.39 is 17.4 Å². The molecule has 0 heterocycles. The summed E-state index contributed by atoms with van der Waals surface area (Å²) in [5, 5.41) is 9.39. The normalized spacial score (nSPS) is 10.2. The van der Waals surface area contributed by atoms with Gasteiger partial charge in [0.2, 0.25) is 6.79 Å². The van der Waals surface area contributed by atoms with Crippen LogP contribution in [0.4, 0.5) is 8.78 Å². The van der Waals surface area contributed by atoms with Crippen LogP contribution in [-0.2, 0) is 0 Å². The molecule has 0 saturated heterocycles. The number of phenolic OH excluding ortho intramolecular Hbond substituents is 1. The summed E-state index contributed by atoms with van der Waals surface area (Å²) in [4.78, 5) is 0. The fraction of sp³-hybridized carbons (Fsp3) is 0.143. The first-order valence-corrected chi connectivity index (χ1v) is 5.68. The molecule has 4 nitrogen and oxygen atoms in total. The highest BCUT2D eigenvalue weighted by atomic mass is 19.1. The number of aromatic hydroxyl groups is 1. The van der Waals surface area contributed by atoms with E-state index in [4.69, 9.17) is 14.2 Å². The minimum absolute atomic E-state index is 0.0381. The van der Waals surface area contributed by atoms with Crippen LogP contribution in [0.15, 0.2) is 36.4 Å². The minimum Gasteiger partial charge on any atom is -0.502 e. The fourth-order valence-corrected chi connectivity index (χ4v) is 1.50. The second-order valence-corrected chi connectivity index (χ2v) is 3.79. The van der Waals surface area contributed by atoms with Crippen LogP contribution in [0.25, 0.3) is 0 Å². The van der Waals surface area contributed by atoms with Crippen molar-refractivity contribution in [3.8, 4) is 23.0 Å². The first kappa shape index (κ1) is 13.9. The molecule has 106 valence electrons. The molecule has 1 N–H and O–H groups in total. The van der Waals surface area contributed by atoms with E-state index >= 15 is 0 Å². The van der Waals surface area contributed by atoms with Crippen LogP contribution < -0.4 is 14.2 Å². The largest absolute Gasteiger partial charge is 0.502 e. The number of halogens is 2. The molecule has 0 spiro atoms. The molecule has 0 aliphatic heterocycles. The highest BCUT2D eigenvalue weighted by Crippen LogP contribution is 2.28. The number of benzene rings is 2. The number of hydrogen-bond acceptors (Lipinski definition) is 4. The molecule has 0 aliphatic rings. The zero-order chi connectivity index (χ0) is 14.5. The smallest absolute Gasteiger partial charge is 0.231 e. The quantitative estimate of drug-likeness (QED) is 0.856.